The van der Waals surface area contributed by atoms with Crippen LogP contribution in [0.2, 0.25) is 0 Å². The van der Waals surface area contributed by atoms with Crippen molar-refractivity contribution in [3.63, 3.8) is 0 Å². The van der Waals surface area contributed by atoms with Crippen molar-refractivity contribution in [1.29, 1.82) is 0 Å². The van der Waals surface area contributed by atoms with Crippen molar-refractivity contribution in [2.75, 3.05) is 20.3 Å². The number of ether oxygens (including phenoxy) is 2. The number of nitrogens with zero attached hydrogens (tertiary/aromatic N) is 1. The van der Waals surface area contributed by atoms with Crippen molar-refractivity contribution in [3.8, 4) is 11.5 Å². The highest BCUT2D eigenvalue weighted by atomic mass is 32.1. The molecule has 1 aromatic carbocycles. The van der Waals surface area contributed by atoms with Crippen LogP contribution in [-0.4, -0.2) is 31.6 Å². The van der Waals surface area contributed by atoms with Gasteiger partial charge in [-0.25, -0.2) is 0 Å². The molecule has 0 bridgehead atoms. The van der Waals surface area contributed by atoms with Crippen molar-refractivity contribution < 1.29 is 9.47 Å². The first-order valence-electron chi connectivity index (χ1n) is 6.11. The Balaban J connectivity index is 2.79. The van der Waals surface area contributed by atoms with Crippen LogP contribution in [0.1, 0.15) is 19.4 Å². The zero-order valence-corrected chi connectivity index (χ0v) is 12.2. The Morgan fingerprint density at radius 2 is 1.95 bits per heavy atom. The molecule has 0 aliphatic rings. The second kappa shape index (κ2) is 8.31. The third-order valence-electron chi connectivity index (χ3n) is 2.17. The lowest BCUT2D eigenvalue weighted by atomic mass is 10.2. The maximum absolute atomic E-state index is 5.53. The van der Waals surface area contributed by atoms with E-state index in [4.69, 9.17) is 21.7 Å². The van der Waals surface area contributed by atoms with Gasteiger partial charge in [0.25, 0.3) is 0 Å². The number of hydrogen-bond donors (Lipinski definition) is 2. The minimum atomic E-state index is 0.465. The maximum atomic E-state index is 5.53. The number of hydrogen-bond acceptors (Lipinski definition) is 4. The van der Waals surface area contributed by atoms with Gasteiger partial charge in [-0.3, -0.25) is 5.43 Å². The van der Waals surface area contributed by atoms with Crippen molar-refractivity contribution in [2.45, 2.75) is 13.8 Å². The smallest absolute Gasteiger partial charge is 0.186 e. The van der Waals surface area contributed by atoms with Crippen molar-refractivity contribution >= 4 is 23.5 Å². The molecule has 1 aromatic rings. The summed E-state index contributed by atoms with van der Waals surface area (Å²) in [5, 5.41) is 7.25. The van der Waals surface area contributed by atoms with Gasteiger partial charge >= 0.3 is 0 Å². The van der Waals surface area contributed by atoms with Gasteiger partial charge in [-0.15, -0.1) is 0 Å². The van der Waals surface area contributed by atoms with E-state index in [1.165, 1.54) is 0 Å². The molecule has 0 aliphatic heterocycles. The third kappa shape index (κ3) is 5.13. The Labute approximate surface area is 119 Å². The lowest BCUT2D eigenvalue weighted by Crippen LogP contribution is -2.28. The Bertz CT molecular complexity index is 450. The molecule has 0 spiro atoms. The molecule has 2 N–H and O–H groups in total. The van der Waals surface area contributed by atoms with Crippen LogP contribution in [0.15, 0.2) is 23.3 Å². The van der Waals surface area contributed by atoms with Gasteiger partial charge in [-0.1, -0.05) is 0 Å². The standard InChI is InChI=1S/C13H19N3O2S/c1-4-17-11-7-6-10(8-12(11)18-5-2)9-15-16-13(19)14-3/h6-9H,4-5H2,1-3H3,(H2,14,16,19)/b15-9+. The molecule has 0 heterocycles. The largest absolute Gasteiger partial charge is 0.490 e. The highest BCUT2D eigenvalue weighted by Crippen LogP contribution is 2.27. The van der Waals surface area contributed by atoms with Crippen LogP contribution in [0, 0.1) is 0 Å². The number of rotatable bonds is 6. The molecule has 0 aliphatic carbocycles. The fourth-order valence-electron chi connectivity index (χ4n) is 1.37. The summed E-state index contributed by atoms with van der Waals surface area (Å²) in [5.41, 5.74) is 3.59. The van der Waals surface area contributed by atoms with Crippen LogP contribution in [0.25, 0.3) is 0 Å². The van der Waals surface area contributed by atoms with Crippen LogP contribution < -0.4 is 20.2 Å². The van der Waals surface area contributed by atoms with Gasteiger partial charge < -0.3 is 14.8 Å². The second-order valence-corrected chi connectivity index (χ2v) is 3.93. The summed E-state index contributed by atoms with van der Waals surface area (Å²) < 4.78 is 11.0. The van der Waals surface area contributed by atoms with Gasteiger partial charge in [-0.2, -0.15) is 5.10 Å². The number of benzene rings is 1. The zero-order chi connectivity index (χ0) is 14.1. The monoisotopic (exact) mass is 281 g/mol. The third-order valence-corrected chi connectivity index (χ3v) is 2.47. The van der Waals surface area contributed by atoms with E-state index in [1.807, 2.05) is 32.0 Å². The molecule has 0 amide bonds. The lowest BCUT2D eigenvalue weighted by molar-refractivity contribution is 0.288. The van der Waals surface area contributed by atoms with E-state index >= 15 is 0 Å². The van der Waals surface area contributed by atoms with Gasteiger partial charge in [0.1, 0.15) is 0 Å². The summed E-state index contributed by atoms with van der Waals surface area (Å²) in [4.78, 5) is 0. The molecule has 19 heavy (non-hydrogen) atoms. The van der Waals surface area contributed by atoms with Crippen LogP contribution in [0.3, 0.4) is 0 Å². The molecule has 6 heteroatoms. The number of thiocarbonyl (C=S) groups is 1. The lowest BCUT2D eigenvalue weighted by Gasteiger charge is -2.11. The summed E-state index contributed by atoms with van der Waals surface area (Å²) in [6.45, 7) is 5.06. The van der Waals surface area contributed by atoms with Gasteiger partial charge in [0.15, 0.2) is 16.6 Å². The van der Waals surface area contributed by atoms with Gasteiger partial charge in [0, 0.05) is 7.05 Å². The van der Waals surface area contributed by atoms with E-state index in [0.717, 1.165) is 11.3 Å². The summed E-state index contributed by atoms with van der Waals surface area (Å²) in [7, 11) is 1.73. The Morgan fingerprint density at radius 3 is 2.58 bits per heavy atom. The minimum Gasteiger partial charge on any atom is -0.490 e. The number of nitrogens with one attached hydrogen (secondary N) is 2. The molecular weight excluding hydrogens is 262 g/mol. The normalized spacial score (nSPS) is 10.3. The quantitative estimate of drug-likeness (QED) is 0.474. The zero-order valence-electron chi connectivity index (χ0n) is 11.4. The summed E-state index contributed by atoms with van der Waals surface area (Å²) in [6.07, 6.45) is 1.67. The summed E-state index contributed by atoms with van der Waals surface area (Å²) in [5.74, 6) is 1.45. The number of hydrazone groups is 1. The van der Waals surface area contributed by atoms with Crippen LogP contribution >= 0.6 is 12.2 Å². The molecule has 0 fully saturated rings. The molecule has 0 unspecified atom stereocenters. The molecule has 104 valence electrons. The molecule has 0 radical (unpaired) electrons. The average molecular weight is 281 g/mol. The maximum Gasteiger partial charge on any atom is 0.186 e. The molecule has 0 saturated carbocycles. The van der Waals surface area contributed by atoms with Crippen molar-refractivity contribution in [1.82, 2.24) is 10.7 Å². The van der Waals surface area contributed by atoms with Crippen LogP contribution in [0.4, 0.5) is 0 Å². The predicted octanol–water partition coefficient (Wildman–Crippen LogP) is 1.91. The molecule has 0 aromatic heterocycles. The molecular formula is C13H19N3O2S. The first-order valence-corrected chi connectivity index (χ1v) is 6.52. The van der Waals surface area contributed by atoms with Crippen molar-refractivity contribution in [3.05, 3.63) is 23.8 Å². The topological polar surface area (TPSA) is 54.9 Å². The Hall–Kier alpha value is -1.82. The minimum absolute atomic E-state index is 0.465. The van der Waals surface area contributed by atoms with Gasteiger partial charge in [0.2, 0.25) is 0 Å². The molecule has 5 nitrogen and oxygen atoms in total. The van der Waals surface area contributed by atoms with Gasteiger partial charge in [-0.05, 0) is 49.8 Å². The first kappa shape index (κ1) is 15.2. The highest BCUT2D eigenvalue weighted by molar-refractivity contribution is 7.80. The van der Waals surface area contributed by atoms with E-state index < -0.39 is 0 Å². The van der Waals surface area contributed by atoms with Gasteiger partial charge in [0.05, 0.1) is 19.4 Å². The summed E-state index contributed by atoms with van der Waals surface area (Å²) >= 11 is 4.91. The summed E-state index contributed by atoms with van der Waals surface area (Å²) in [6, 6.07) is 5.65. The Morgan fingerprint density at radius 1 is 1.26 bits per heavy atom. The first-order chi connectivity index (χ1) is 9.21. The van der Waals surface area contributed by atoms with E-state index in [9.17, 15) is 0 Å². The predicted molar refractivity (Wildman–Crippen MR) is 81.2 cm³/mol. The fourth-order valence-corrected chi connectivity index (χ4v) is 1.42. The van der Waals surface area contributed by atoms with E-state index in [2.05, 4.69) is 15.8 Å². The second-order valence-electron chi connectivity index (χ2n) is 3.52. The highest BCUT2D eigenvalue weighted by Gasteiger charge is 2.04. The van der Waals surface area contributed by atoms with E-state index in [0.29, 0.717) is 24.1 Å². The van der Waals surface area contributed by atoms with E-state index in [1.54, 1.807) is 13.3 Å². The van der Waals surface area contributed by atoms with Crippen molar-refractivity contribution in [2.24, 2.45) is 5.10 Å². The Kier molecular flexibility index (Phi) is 6.67. The van der Waals surface area contributed by atoms with Crippen LogP contribution in [-0.2, 0) is 0 Å². The fraction of sp³-hybridized carbons (Fsp3) is 0.385. The molecule has 0 atom stereocenters. The average Bonchev–Trinajstić information content (AvgIpc) is 2.42. The molecule has 0 saturated heterocycles. The van der Waals surface area contributed by atoms with E-state index in [-0.39, 0.29) is 0 Å². The SMILES string of the molecule is CCOc1ccc(/C=N/NC(=S)NC)cc1OCC. The molecule has 1 rings (SSSR count). The van der Waals surface area contributed by atoms with Crippen LogP contribution in [0.5, 0.6) is 11.5 Å².